The summed E-state index contributed by atoms with van der Waals surface area (Å²) in [6.45, 7) is 2.10. The second kappa shape index (κ2) is 10.9. The fourth-order valence-corrected chi connectivity index (χ4v) is 2.00. The van der Waals surface area contributed by atoms with Crippen LogP contribution >= 0.6 is 24.0 Å². The van der Waals surface area contributed by atoms with Gasteiger partial charge >= 0.3 is 0 Å². The lowest BCUT2D eigenvalue weighted by molar-refractivity contribution is 0.322. The van der Waals surface area contributed by atoms with Gasteiger partial charge in [0, 0.05) is 26.8 Å². The van der Waals surface area contributed by atoms with Crippen molar-refractivity contribution in [2.45, 2.75) is 6.42 Å². The smallest absolute Gasteiger partial charge is 0.191 e. The Kier molecular flexibility index (Phi) is 9.11. The molecule has 7 heteroatoms. The summed E-state index contributed by atoms with van der Waals surface area (Å²) in [5, 5.41) is 10.6. The van der Waals surface area contributed by atoms with E-state index in [1.807, 2.05) is 54.5 Å². The van der Waals surface area contributed by atoms with E-state index in [0.717, 1.165) is 24.7 Å². The molecule has 0 aliphatic rings. The Morgan fingerprint density at radius 3 is 2.61 bits per heavy atom. The van der Waals surface area contributed by atoms with Crippen molar-refractivity contribution in [3.63, 3.8) is 0 Å². The van der Waals surface area contributed by atoms with E-state index in [1.54, 1.807) is 7.05 Å². The average Bonchev–Trinajstić information content (AvgIpc) is 2.96. The first-order valence-electron chi connectivity index (χ1n) is 7.38. The molecular formula is C16H24IN5O. The minimum atomic E-state index is 0. The molecule has 0 aliphatic heterocycles. The van der Waals surface area contributed by atoms with Gasteiger partial charge in [-0.3, -0.25) is 9.67 Å². The highest BCUT2D eigenvalue weighted by Gasteiger charge is 1.99. The zero-order valence-electron chi connectivity index (χ0n) is 13.5. The summed E-state index contributed by atoms with van der Waals surface area (Å²) in [6.07, 6.45) is 4.81. The summed E-state index contributed by atoms with van der Waals surface area (Å²) in [4.78, 5) is 4.19. The molecule has 0 amide bonds. The van der Waals surface area contributed by atoms with Gasteiger partial charge in [-0.25, -0.2) is 0 Å². The largest absolute Gasteiger partial charge is 0.492 e. The highest BCUT2D eigenvalue weighted by Crippen LogP contribution is 2.07. The fourth-order valence-electron chi connectivity index (χ4n) is 2.00. The molecule has 0 aliphatic carbocycles. The number of halogens is 1. The SMILES string of the molecule is CN=C(NCCOc1ccccc1)NCCc1cnn(C)c1.I. The number of nitrogens with zero attached hydrogens (tertiary/aromatic N) is 3. The number of para-hydroxylation sites is 1. The zero-order valence-corrected chi connectivity index (χ0v) is 15.9. The number of hydrogen-bond donors (Lipinski definition) is 2. The number of aliphatic imine (C=N–C) groups is 1. The van der Waals surface area contributed by atoms with E-state index in [2.05, 4.69) is 20.7 Å². The Bertz CT molecular complexity index is 585. The third-order valence-electron chi connectivity index (χ3n) is 3.09. The van der Waals surface area contributed by atoms with Gasteiger partial charge in [0.15, 0.2) is 5.96 Å². The van der Waals surface area contributed by atoms with Crippen molar-refractivity contribution in [2.24, 2.45) is 12.0 Å². The standard InChI is InChI=1S/C16H23N5O.HI/c1-17-16(18-9-8-14-12-20-21(2)13-14)19-10-11-22-15-6-4-3-5-7-15;/h3-7,12-13H,8-11H2,1-2H3,(H2,17,18,19);1H. The van der Waals surface area contributed by atoms with Crippen molar-refractivity contribution < 1.29 is 4.74 Å². The maximum absolute atomic E-state index is 5.62. The highest BCUT2D eigenvalue weighted by molar-refractivity contribution is 14.0. The van der Waals surface area contributed by atoms with Crippen LogP contribution in [0.4, 0.5) is 0 Å². The molecule has 2 aromatic rings. The Hall–Kier alpha value is -1.77. The van der Waals surface area contributed by atoms with Gasteiger partial charge in [0.1, 0.15) is 12.4 Å². The van der Waals surface area contributed by atoms with E-state index in [-0.39, 0.29) is 24.0 Å². The van der Waals surface area contributed by atoms with Crippen molar-refractivity contribution in [2.75, 3.05) is 26.7 Å². The first kappa shape index (κ1) is 19.3. The lowest BCUT2D eigenvalue weighted by Crippen LogP contribution is -2.40. The topological polar surface area (TPSA) is 63.5 Å². The number of aromatic nitrogens is 2. The molecule has 2 N–H and O–H groups in total. The predicted molar refractivity (Wildman–Crippen MR) is 104 cm³/mol. The summed E-state index contributed by atoms with van der Waals surface area (Å²) in [7, 11) is 3.68. The molecule has 1 heterocycles. The number of nitrogens with one attached hydrogen (secondary N) is 2. The second-order valence-corrected chi connectivity index (χ2v) is 4.86. The first-order chi connectivity index (χ1) is 10.8. The summed E-state index contributed by atoms with van der Waals surface area (Å²) >= 11 is 0. The number of hydrogen-bond acceptors (Lipinski definition) is 3. The normalized spacial score (nSPS) is 10.8. The minimum absolute atomic E-state index is 0. The van der Waals surface area contributed by atoms with Crippen molar-refractivity contribution in [3.8, 4) is 5.75 Å². The molecule has 0 unspecified atom stereocenters. The van der Waals surface area contributed by atoms with Gasteiger partial charge in [-0.05, 0) is 24.1 Å². The van der Waals surface area contributed by atoms with Gasteiger partial charge in [0.25, 0.3) is 0 Å². The molecule has 1 aromatic carbocycles. The van der Waals surface area contributed by atoms with Crippen LogP contribution in [0.15, 0.2) is 47.7 Å². The molecule has 6 nitrogen and oxygen atoms in total. The van der Waals surface area contributed by atoms with Crippen LogP contribution in [0.3, 0.4) is 0 Å². The lowest BCUT2D eigenvalue weighted by atomic mass is 10.2. The van der Waals surface area contributed by atoms with Crippen molar-refractivity contribution in [1.29, 1.82) is 0 Å². The fraction of sp³-hybridized carbons (Fsp3) is 0.375. The Labute approximate surface area is 154 Å². The maximum atomic E-state index is 5.62. The summed E-state index contributed by atoms with van der Waals surface area (Å²) in [5.74, 6) is 1.66. The summed E-state index contributed by atoms with van der Waals surface area (Å²) < 4.78 is 7.43. The van der Waals surface area contributed by atoms with Crippen LogP contribution in [-0.2, 0) is 13.5 Å². The number of aryl methyl sites for hydroxylation is 1. The Morgan fingerprint density at radius 2 is 1.96 bits per heavy atom. The van der Waals surface area contributed by atoms with E-state index < -0.39 is 0 Å². The number of benzene rings is 1. The number of ether oxygens (including phenoxy) is 1. The molecule has 0 spiro atoms. The van der Waals surface area contributed by atoms with Gasteiger partial charge in [-0.2, -0.15) is 5.10 Å². The van der Waals surface area contributed by atoms with E-state index in [0.29, 0.717) is 13.2 Å². The van der Waals surface area contributed by atoms with E-state index in [4.69, 9.17) is 4.74 Å². The van der Waals surface area contributed by atoms with Crippen LogP contribution in [0, 0.1) is 0 Å². The molecule has 23 heavy (non-hydrogen) atoms. The van der Waals surface area contributed by atoms with E-state index in [9.17, 15) is 0 Å². The summed E-state index contributed by atoms with van der Waals surface area (Å²) in [6, 6.07) is 9.78. The van der Waals surface area contributed by atoms with Crippen molar-refractivity contribution in [1.82, 2.24) is 20.4 Å². The van der Waals surface area contributed by atoms with Crippen LogP contribution < -0.4 is 15.4 Å². The second-order valence-electron chi connectivity index (χ2n) is 4.86. The zero-order chi connectivity index (χ0) is 15.6. The molecule has 2 rings (SSSR count). The third-order valence-corrected chi connectivity index (χ3v) is 3.09. The molecule has 126 valence electrons. The van der Waals surface area contributed by atoms with Crippen LogP contribution in [0.2, 0.25) is 0 Å². The molecule has 0 bridgehead atoms. The van der Waals surface area contributed by atoms with E-state index in [1.165, 1.54) is 5.56 Å². The quantitative estimate of drug-likeness (QED) is 0.305. The van der Waals surface area contributed by atoms with Gasteiger partial charge in [-0.1, -0.05) is 18.2 Å². The first-order valence-corrected chi connectivity index (χ1v) is 7.38. The van der Waals surface area contributed by atoms with Crippen LogP contribution in [0.25, 0.3) is 0 Å². The third kappa shape index (κ3) is 7.36. The molecule has 0 radical (unpaired) electrons. The molecule has 0 atom stereocenters. The van der Waals surface area contributed by atoms with Crippen LogP contribution in [-0.4, -0.2) is 42.5 Å². The molecule has 1 aromatic heterocycles. The number of rotatable bonds is 7. The maximum Gasteiger partial charge on any atom is 0.191 e. The van der Waals surface area contributed by atoms with Crippen molar-refractivity contribution in [3.05, 3.63) is 48.3 Å². The Morgan fingerprint density at radius 1 is 1.22 bits per heavy atom. The molecular weight excluding hydrogens is 405 g/mol. The summed E-state index contributed by atoms with van der Waals surface area (Å²) in [5.41, 5.74) is 1.21. The number of guanidine groups is 1. The van der Waals surface area contributed by atoms with Crippen LogP contribution in [0.5, 0.6) is 5.75 Å². The minimum Gasteiger partial charge on any atom is -0.492 e. The van der Waals surface area contributed by atoms with Gasteiger partial charge in [-0.15, -0.1) is 24.0 Å². The Balaban J connectivity index is 0.00000264. The molecule has 0 fully saturated rings. The average molecular weight is 429 g/mol. The van der Waals surface area contributed by atoms with Gasteiger partial charge in [0.05, 0.1) is 12.7 Å². The predicted octanol–water partition coefficient (Wildman–Crippen LogP) is 1.82. The molecule has 0 saturated carbocycles. The van der Waals surface area contributed by atoms with Crippen LogP contribution in [0.1, 0.15) is 5.56 Å². The lowest BCUT2D eigenvalue weighted by Gasteiger charge is -2.12. The monoisotopic (exact) mass is 429 g/mol. The van der Waals surface area contributed by atoms with Gasteiger partial charge < -0.3 is 15.4 Å². The highest BCUT2D eigenvalue weighted by atomic mass is 127. The molecule has 0 saturated heterocycles. The van der Waals surface area contributed by atoms with Crippen molar-refractivity contribution >= 4 is 29.9 Å². The van der Waals surface area contributed by atoms with Gasteiger partial charge in [0.2, 0.25) is 0 Å². The van der Waals surface area contributed by atoms with E-state index >= 15 is 0 Å².